The fourth-order valence-corrected chi connectivity index (χ4v) is 1.48. The molecule has 0 aliphatic heterocycles. The lowest BCUT2D eigenvalue weighted by Crippen LogP contribution is -2.06. The quantitative estimate of drug-likeness (QED) is 0.869. The van der Waals surface area contributed by atoms with Crippen molar-refractivity contribution in [3.8, 4) is 17.2 Å². The molecule has 1 aromatic heterocycles. The van der Waals surface area contributed by atoms with E-state index in [9.17, 15) is 0 Å². The van der Waals surface area contributed by atoms with E-state index < -0.39 is 0 Å². The van der Waals surface area contributed by atoms with Gasteiger partial charge < -0.3 is 15.2 Å². The minimum atomic E-state index is 0.534. The molecule has 0 amide bonds. The van der Waals surface area contributed by atoms with E-state index in [0.717, 1.165) is 0 Å². The summed E-state index contributed by atoms with van der Waals surface area (Å²) in [6.07, 6.45) is 3.92. The lowest BCUT2D eigenvalue weighted by Gasteiger charge is -2.09. The molecule has 94 valence electrons. The average molecular weight is 245 g/mol. The highest BCUT2D eigenvalue weighted by Gasteiger charge is 2.05. The molecule has 2 N–H and O–H groups in total. The van der Waals surface area contributed by atoms with Crippen molar-refractivity contribution < 1.29 is 9.47 Å². The average Bonchev–Trinajstić information content (AvgIpc) is 2.42. The van der Waals surface area contributed by atoms with Crippen LogP contribution in [0, 0.1) is 0 Å². The summed E-state index contributed by atoms with van der Waals surface area (Å²) in [5.41, 5.74) is 5.43. The zero-order valence-electron chi connectivity index (χ0n) is 10.2. The molecule has 0 radical (unpaired) electrons. The molecule has 0 unspecified atom stereocenters. The van der Waals surface area contributed by atoms with Gasteiger partial charge in [-0.3, -0.25) is 0 Å². The Morgan fingerprint density at radius 2 is 1.78 bits per heavy atom. The number of hydrogen-bond donors (Lipinski definition) is 1. The molecule has 0 atom stereocenters. The van der Waals surface area contributed by atoms with Crippen LogP contribution in [0.25, 0.3) is 0 Å². The van der Waals surface area contributed by atoms with E-state index in [1.54, 1.807) is 19.5 Å². The number of ether oxygens (including phenoxy) is 2. The Kier molecular flexibility index (Phi) is 4.09. The molecule has 0 saturated heterocycles. The number of para-hydroxylation sites is 2. The van der Waals surface area contributed by atoms with Gasteiger partial charge in [-0.05, 0) is 18.7 Å². The summed E-state index contributed by atoms with van der Waals surface area (Å²) < 4.78 is 10.8. The van der Waals surface area contributed by atoms with Crippen LogP contribution in [0.15, 0.2) is 36.7 Å². The van der Waals surface area contributed by atoms with Gasteiger partial charge in [0.25, 0.3) is 0 Å². The maximum atomic E-state index is 5.65. The summed E-state index contributed by atoms with van der Waals surface area (Å²) in [4.78, 5) is 8.33. The summed E-state index contributed by atoms with van der Waals surface area (Å²) in [7, 11) is 1.60. The first-order valence-corrected chi connectivity index (χ1v) is 5.65. The zero-order valence-corrected chi connectivity index (χ0v) is 10.2. The van der Waals surface area contributed by atoms with Gasteiger partial charge in [0, 0.05) is 6.42 Å². The molecule has 2 rings (SSSR count). The molecule has 5 heteroatoms. The van der Waals surface area contributed by atoms with Crippen LogP contribution < -0.4 is 15.2 Å². The van der Waals surface area contributed by atoms with Crippen molar-refractivity contribution in [1.29, 1.82) is 0 Å². The minimum Gasteiger partial charge on any atom is -0.493 e. The van der Waals surface area contributed by atoms with Gasteiger partial charge >= 0.3 is 0 Å². The Bertz CT molecular complexity index is 500. The van der Waals surface area contributed by atoms with Crippen molar-refractivity contribution in [1.82, 2.24) is 9.97 Å². The smallest absolute Gasteiger partial charge is 0.169 e. The van der Waals surface area contributed by atoms with Crippen LogP contribution in [-0.4, -0.2) is 23.6 Å². The number of hydrogen-bond acceptors (Lipinski definition) is 5. The van der Waals surface area contributed by atoms with Crippen molar-refractivity contribution in [3.63, 3.8) is 0 Å². The van der Waals surface area contributed by atoms with E-state index in [1.807, 2.05) is 24.3 Å². The lowest BCUT2D eigenvalue weighted by molar-refractivity contribution is 0.377. The molecule has 1 heterocycles. The van der Waals surface area contributed by atoms with Crippen LogP contribution in [0.4, 0.5) is 0 Å². The van der Waals surface area contributed by atoms with Crippen LogP contribution >= 0.6 is 0 Å². The fraction of sp³-hybridized carbons (Fsp3) is 0.231. The van der Waals surface area contributed by atoms with E-state index in [0.29, 0.717) is 36.0 Å². The third-order valence-electron chi connectivity index (χ3n) is 2.35. The highest BCUT2D eigenvalue weighted by Crippen LogP contribution is 2.30. The standard InChI is InChI=1S/C13H15N3O2/c1-17-11-4-2-3-5-12(11)18-10-8-15-13(6-7-14)16-9-10/h2-5,8-9H,6-7,14H2,1H3. The van der Waals surface area contributed by atoms with Crippen LogP contribution in [0.5, 0.6) is 17.2 Å². The number of nitrogens with zero attached hydrogens (tertiary/aromatic N) is 2. The first-order chi connectivity index (χ1) is 8.83. The van der Waals surface area contributed by atoms with Crippen molar-refractivity contribution in [2.75, 3.05) is 13.7 Å². The monoisotopic (exact) mass is 245 g/mol. The van der Waals surface area contributed by atoms with Crippen LogP contribution in [0.2, 0.25) is 0 Å². The number of benzene rings is 1. The molecular weight excluding hydrogens is 230 g/mol. The zero-order chi connectivity index (χ0) is 12.8. The van der Waals surface area contributed by atoms with E-state index in [4.69, 9.17) is 15.2 Å². The van der Waals surface area contributed by atoms with Crippen LogP contribution in [0.3, 0.4) is 0 Å². The van der Waals surface area contributed by atoms with Crippen LogP contribution in [-0.2, 0) is 6.42 Å². The Morgan fingerprint density at radius 1 is 1.11 bits per heavy atom. The molecule has 0 saturated carbocycles. The molecule has 0 aliphatic rings. The molecule has 1 aromatic carbocycles. The maximum absolute atomic E-state index is 5.65. The third kappa shape index (κ3) is 2.95. The van der Waals surface area contributed by atoms with Gasteiger partial charge in [-0.1, -0.05) is 12.1 Å². The minimum absolute atomic E-state index is 0.534. The number of nitrogens with two attached hydrogens (primary N) is 1. The van der Waals surface area contributed by atoms with Gasteiger partial charge in [0.05, 0.1) is 19.5 Å². The Hall–Kier alpha value is -2.14. The van der Waals surface area contributed by atoms with Gasteiger partial charge in [-0.15, -0.1) is 0 Å². The third-order valence-corrected chi connectivity index (χ3v) is 2.35. The first kappa shape index (κ1) is 12.3. The molecule has 0 spiro atoms. The van der Waals surface area contributed by atoms with Gasteiger partial charge in [0.2, 0.25) is 0 Å². The van der Waals surface area contributed by atoms with Crippen LogP contribution in [0.1, 0.15) is 5.82 Å². The predicted octanol–water partition coefficient (Wildman–Crippen LogP) is 1.78. The number of rotatable bonds is 5. The molecule has 0 bridgehead atoms. The lowest BCUT2D eigenvalue weighted by atomic mass is 10.3. The van der Waals surface area contributed by atoms with E-state index in [1.165, 1.54) is 0 Å². The predicted molar refractivity (Wildman–Crippen MR) is 67.9 cm³/mol. The Morgan fingerprint density at radius 3 is 2.39 bits per heavy atom. The summed E-state index contributed by atoms with van der Waals surface area (Å²) >= 11 is 0. The molecule has 0 fully saturated rings. The van der Waals surface area contributed by atoms with E-state index >= 15 is 0 Å². The van der Waals surface area contributed by atoms with Gasteiger partial charge in [-0.25, -0.2) is 9.97 Å². The summed E-state index contributed by atoms with van der Waals surface area (Å²) in [6, 6.07) is 7.42. The van der Waals surface area contributed by atoms with Crippen molar-refractivity contribution in [3.05, 3.63) is 42.5 Å². The van der Waals surface area contributed by atoms with Crippen molar-refractivity contribution >= 4 is 0 Å². The van der Waals surface area contributed by atoms with Gasteiger partial charge in [-0.2, -0.15) is 0 Å². The number of aromatic nitrogens is 2. The Labute approximate surface area is 106 Å². The first-order valence-electron chi connectivity index (χ1n) is 5.65. The maximum Gasteiger partial charge on any atom is 0.169 e. The molecule has 18 heavy (non-hydrogen) atoms. The molecule has 0 aliphatic carbocycles. The molecule has 5 nitrogen and oxygen atoms in total. The van der Waals surface area contributed by atoms with Crippen molar-refractivity contribution in [2.45, 2.75) is 6.42 Å². The topological polar surface area (TPSA) is 70.3 Å². The highest BCUT2D eigenvalue weighted by molar-refractivity contribution is 5.41. The van der Waals surface area contributed by atoms with Crippen molar-refractivity contribution in [2.24, 2.45) is 5.73 Å². The summed E-state index contributed by atoms with van der Waals surface area (Å²) in [5.74, 6) is 2.59. The van der Waals surface area contributed by atoms with Gasteiger partial charge in [0.15, 0.2) is 17.2 Å². The second kappa shape index (κ2) is 5.97. The van der Waals surface area contributed by atoms with Gasteiger partial charge in [0.1, 0.15) is 5.82 Å². The highest BCUT2D eigenvalue weighted by atomic mass is 16.5. The second-order valence-corrected chi connectivity index (χ2v) is 3.63. The fourth-order valence-electron chi connectivity index (χ4n) is 1.48. The van der Waals surface area contributed by atoms with E-state index in [2.05, 4.69) is 9.97 Å². The molecule has 2 aromatic rings. The van der Waals surface area contributed by atoms with E-state index in [-0.39, 0.29) is 0 Å². The largest absolute Gasteiger partial charge is 0.493 e. The summed E-state index contributed by atoms with van der Waals surface area (Å²) in [6.45, 7) is 0.534. The second-order valence-electron chi connectivity index (χ2n) is 3.63. The Balaban J connectivity index is 2.13. The summed E-state index contributed by atoms with van der Waals surface area (Å²) in [5, 5.41) is 0. The molecular formula is C13H15N3O2. The normalized spacial score (nSPS) is 10.1. The SMILES string of the molecule is COc1ccccc1Oc1cnc(CCN)nc1. The number of methoxy groups -OCH3 is 1.